The SMILES string of the molecule is CC(N)C(C)C(=O)NCCCC(=O)O. The molecule has 0 aromatic rings. The lowest BCUT2D eigenvalue weighted by molar-refractivity contribution is -0.137. The number of rotatable bonds is 6. The zero-order valence-corrected chi connectivity index (χ0v) is 8.62. The van der Waals surface area contributed by atoms with Crippen LogP contribution in [0.25, 0.3) is 0 Å². The van der Waals surface area contributed by atoms with Crippen LogP contribution in [0.4, 0.5) is 0 Å². The molecule has 5 nitrogen and oxygen atoms in total. The Morgan fingerprint density at radius 2 is 2.00 bits per heavy atom. The second-order valence-electron chi connectivity index (χ2n) is 3.44. The first-order valence-corrected chi connectivity index (χ1v) is 4.70. The van der Waals surface area contributed by atoms with E-state index in [1.54, 1.807) is 13.8 Å². The molecule has 1 amide bonds. The van der Waals surface area contributed by atoms with Crippen molar-refractivity contribution in [2.45, 2.75) is 32.7 Å². The highest BCUT2D eigenvalue weighted by molar-refractivity contribution is 5.78. The van der Waals surface area contributed by atoms with E-state index in [0.29, 0.717) is 13.0 Å². The molecule has 0 rings (SSSR count). The average molecular weight is 202 g/mol. The quantitative estimate of drug-likeness (QED) is 0.526. The van der Waals surface area contributed by atoms with Gasteiger partial charge in [-0.3, -0.25) is 9.59 Å². The molecule has 0 aliphatic carbocycles. The minimum absolute atomic E-state index is 0.0762. The van der Waals surface area contributed by atoms with E-state index < -0.39 is 5.97 Å². The summed E-state index contributed by atoms with van der Waals surface area (Å²) in [5, 5.41) is 11.0. The molecule has 0 saturated heterocycles. The molecule has 4 N–H and O–H groups in total. The lowest BCUT2D eigenvalue weighted by Crippen LogP contribution is -2.39. The first-order valence-electron chi connectivity index (χ1n) is 4.70. The molecule has 0 aliphatic heterocycles. The summed E-state index contributed by atoms with van der Waals surface area (Å²) in [5.74, 6) is -1.20. The van der Waals surface area contributed by atoms with Crippen LogP contribution in [0, 0.1) is 5.92 Å². The standard InChI is InChI=1S/C9H18N2O3/c1-6(7(2)10)9(14)11-5-3-4-8(12)13/h6-7H,3-5,10H2,1-2H3,(H,11,14)(H,12,13). The molecule has 2 atom stereocenters. The van der Waals surface area contributed by atoms with E-state index in [9.17, 15) is 9.59 Å². The third-order valence-electron chi connectivity index (χ3n) is 2.07. The van der Waals surface area contributed by atoms with Gasteiger partial charge >= 0.3 is 5.97 Å². The van der Waals surface area contributed by atoms with Crippen LogP contribution in [0.3, 0.4) is 0 Å². The molecule has 0 heterocycles. The van der Waals surface area contributed by atoms with Crippen LogP contribution in [0.15, 0.2) is 0 Å². The van der Waals surface area contributed by atoms with Crippen molar-refractivity contribution in [1.29, 1.82) is 0 Å². The second-order valence-corrected chi connectivity index (χ2v) is 3.44. The van der Waals surface area contributed by atoms with Gasteiger partial charge in [0.15, 0.2) is 0 Å². The average Bonchev–Trinajstić information content (AvgIpc) is 2.10. The van der Waals surface area contributed by atoms with Gasteiger partial charge in [-0.2, -0.15) is 0 Å². The number of hydrogen-bond acceptors (Lipinski definition) is 3. The number of hydrogen-bond donors (Lipinski definition) is 3. The van der Waals surface area contributed by atoms with Gasteiger partial charge in [-0.15, -0.1) is 0 Å². The number of aliphatic carboxylic acids is 1. The summed E-state index contributed by atoms with van der Waals surface area (Å²) in [6, 6.07) is -0.186. The fourth-order valence-electron chi connectivity index (χ4n) is 0.851. The molecule has 0 spiro atoms. The highest BCUT2D eigenvalue weighted by Crippen LogP contribution is 1.99. The molecule has 0 saturated carbocycles. The molecule has 82 valence electrons. The Bertz CT molecular complexity index is 204. The van der Waals surface area contributed by atoms with Gasteiger partial charge in [0, 0.05) is 24.9 Å². The predicted molar refractivity (Wildman–Crippen MR) is 52.7 cm³/mol. The Labute approximate surface area is 83.7 Å². The topological polar surface area (TPSA) is 92.4 Å². The summed E-state index contributed by atoms with van der Waals surface area (Å²) in [5.41, 5.74) is 5.53. The summed E-state index contributed by atoms with van der Waals surface area (Å²) in [4.78, 5) is 21.4. The highest BCUT2D eigenvalue weighted by Gasteiger charge is 2.15. The Morgan fingerprint density at radius 3 is 2.43 bits per heavy atom. The van der Waals surface area contributed by atoms with Crippen molar-refractivity contribution in [3.05, 3.63) is 0 Å². The first-order chi connectivity index (χ1) is 6.45. The number of amides is 1. The summed E-state index contributed by atoms with van der Waals surface area (Å²) in [6.07, 6.45) is 0.527. The van der Waals surface area contributed by atoms with Gasteiger partial charge < -0.3 is 16.2 Å². The second kappa shape index (κ2) is 6.37. The summed E-state index contributed by atoms with van der Waals surface area (Å²) < 4.78 is 0. The van der Waals surface area contributed by atoms with Crippen molar-refractivity contribution in [3.63, 3.8) is 0 Å². The Kier molecular flexibility index (Phi) is 5.87. The van der Waals surface area contributed by atoms with E-state index in [4.69, 9.17) is 10.8 Å². The molecule has 0 bridgehead atoms. The van der Waals surface area contributed by atoms with E-state index in [1.807, 2.05) is 0 Å². The normalized spacial score (nSPS) is 14.5. The molecule has 0 aliphatic rings. The number of nitrogens with two attached hydrogens (primary N) is 1. The molecule has 0 radical (unpaired) electrons. The van der Waals surface area contributed by atoms with Gasteiger partial charge in [-0.25, -0.2) is 0 Å². The van der Waals surface area contributed by atoms with Crippen LogP contribution in [0.5, 0.6) is 0 Å². The molecule has 5 heteroatoms. The summed E-state index contributed by atoms with van der Waals surface area (Å²) in [7, 11) is 0. The summed E-state index contributed by atoms with van der Waals surface area (Å²) >= 11 is 0. The third kappa shape index (κ3) is 5.53. The maximum absolute atomic E-state index is 11.3. The smallest absolute Gasteiger partial charge is 0.303 e. The molecular formula is C9H18N2O3. The largest absolute Gasteiger partial charge is 0.481 e. The van der Waals surface area contributed by atoms with Gasteiger partial charge in [-0.05, 0) is 13.3 Å². The molecule has 0 aromatic heterocycles. The van der Waals surface area contributed by atoms with Crippen molar-refractivity contribution >= 4 is 11.9 Å². The van der Waals surface area contributed by atoms with Gasteiger partial charge in [0.2, 0.25) is 5.91 Å². The van der Waals surface area contributed by atoms with Crippen LogP contribution in [-0.4, -0.2) is 29.6 Å². The van der Waals surface area contributed by atoms with Crippen LogP contribution >= 0.6 is 0 Å². The maximum Gasteiger partial charge on any atom is 0.303 e. The third-order valence-corrected chi connectivity index (χ3v) is 2.07. The number of carboxylic acids is 1. The number of carbonyl (C=O) groups excluding carboxylic acids is 1. The fourth-order valence-corrected chi connectivity index (χ4v) is 0.851. The lowest BCUT2D eigenvalue weighted by Gasteiger charge is -2.14. The van der Waals surface area contributed by atoms with E-state index in [0.717, 1.165) is 0 Å². The zero-order valence-electron chi connectivity index (χ0n) is 8.62. The molecule has 14 heavy (non-hydrogen) atoms. The van der Waals surface area contributed by atoms with Crippen molar-refractivity contribution in [3.8, 4) is 0 Å². The minimum atomic E-state index is -0.848. The lowest BCUT2D eigenvalue weighted by atomic mass is 10.0. The highest BCUT2D eigenvalue weighted by atomic mass is 16.4. The van der Waals surface area contributed by atoms with E-state index in [-0.39, 0.29) is 24.3 Å². The van der Waals surface area contributed by atoms with Crippen LogP contribution in [-0.2, 0) is 9.59 Å². The molecule has 2 unspecified atom stereocenters. The van der Waals surface area contributed by atoms with Crippen LogP contribution in [0.2, 0.25) is 0 Å². The Hall–Kier alpha value is -1.10. The van der Waals surface area contributed by atoms with Gasteiger partial charge in [-0.1, -0.05) is 6.92 Å². The maximum atomic E-state index is 11.3. The summed E-state index contributed by atoms with van der Waals surface area (Å²) in [6.45, 7) is 3.90. The monoisotopic (exact) mass is 202 g/mol. The number of carbonyl (C=O) groups is 2. The van der Waals surface area contributed by atoms with E-state index >= 15 is 0 Å². The Balaban J connectivity index is 3.59. The molecule has 0 aromatic carbocycles. The zero-order chi connectivity index (χ0) is 11.1. The van der Waals surface area contributed by atoms with Gasteiger partial charge in [0.05, 0.1) is 0 Å². The van der Waals surface area contributed by atoms with E-state index in [2.05, 4.69) is 5.32 Å². The first kappa shape index (κ1) is 12.9. The van der Waals surface area contributed by atoms with Crippen molar-refractivity contribution < 1.29 is 14.7 Å². The predicted octanol–water partition coefficient (Wildman–Crippen LogP) is -0.0493. The Morgan fingerprint density at radius 1 is 1.43 bits per heavy atom. The van der Waals surface area contributed by atoms with E-state index in [1.165, 1.54) is 0 Å². The van der Waals surface area contributed by atoms with Crippen LogP contribution in [0.1, 0.15) is 26.7 Å². The number of nitrogens with one attached hydrogen (secondary N) is 1. The van der Waals surface area contributed by atoms with Crippen molar-refractivity contribution in [1.82, 2.24) is 5.32 Å². The number of carboxylic acid groups (broad SMARTS) is 1. The molecular weight excluding hydrogens is 184 g/mol. The van der Waals surface area contributed by atoms with Crippen LogP contribution < -0.4 is 11.1 Å². The van der Waals surface area contributed by atoms with Crippen molar-refractivity contribution in [2.75, 3.05) is 6.54 Å². The van der Waals surface area contributed by atoms with Crippen molar-refractivity contribution in [2.24, 2.45) is 11.7 Å². The van der Waals surface area contributed by atoms with Gasteiger partial charge in [0.25, 0.3) is 0 Å². The minimum Gasteiger partial charge on any atom is -0.481 e. The molecule has 0 fully saturated rings. The van der Waals surface area contributed by atoms with Gasteiger partial charge in [0.1, 0.15) is 0 Å². The fraction of sp³-hybridized carbons (Fsp3) is 0.778.